The van der Waals surface area contributed by atoms with E-state index in [1.807, 2.05) is 24.9 Å². The molecule has 2 unspecified atom stereocenters. The lowest BCUT2D eigenvalue weighted by Gasteiger charge is -2.26. The zero-order valence-electron chi connectivity index (χ0n) is 13.8. The van der Waals surface area contributed by atoms with Crippen molar-refractivity contribution in [1.82, 2.24) is 0 Å². The van der Waals surface area contributed by atoms with Crippen molar-refractivity contribution >= 4 is 18.0 Å². The van der Waals surface area contributed by atoms with Gasteiger partial charge in [-0.3, -0.25) is 0 Å². The third-order valence-electron chi connectivity index (χ3n) is 3.95. The third-order valence-corrected chi connectivity index (χ3v) is 5.05. The lowest BCUT2D eigenvalue weighted by atomic mass is 9.84. The first-order chi connectivity index (χ1) is 10.2. The van der Waals surface area contributed by atoms with E-state index in [0.29, 0.717) is 23.5 Å². The zero-order valence-corrected chi connectivity index (χ0v) is 14.6. The Bertz CT molecular complexity index is 342. The predicted molar refractivity (Wildman–Crippen MR) is 93.2 cm³/mol. The molecule has 0 saturated heterocycles. The summed E-state index contributed by atoms with van der Waals surface area (Å²) < 4.78 is 0. The van der Waals surface area contributed by atoms with Gasteiger partial charge < -0.3 is 9.94 Å². The van der Waals surface area contributed by atoms with E-state index in [4.69, 9.17) is 4.84 Å². The summed E-state index contributed by atoms with van der Waals surface area (Å²) in [6, 6.07) is 0. The maximum absolute atomic E-state index is 10.2. The fraction of sp³-hybridized carbons (Fsp3) is 0.824. The van der Waals surface area contributed by atoms with Crippen molar-refractivity contribution in [2.24, 2.45) is 11.1 Å². The lowest BCUT2D eigenvalue weighted by Crippen LogP contribution is -2.15. The Morgan fingerprint density at radius 1 is 1.48 bits per heavy atom. The highest BCUT2D eigenvalue weighted by Crippen LogP contribution is 2.34. The second kappa shape index (κ2) is 11.0. The molecular weight excluding hydrogens is 282 g/mol. The Balaban J connectivity index is 2.27. The first kappa shape index (κ1) is 18.4. The second-order valence-electron chi connectivity index (χ2n) is 5.76. The highest BCUT2D eigenvalue weighted by Gasteiger charge is 2.22. The van der Waals surface area contributed by atoms with Crippen LogP contribution in [0.4, 0.5) is 0 Å². The van der Waals surface area contributed by atoms with E-state index in [-0.39, 0.29) is 0 Å². The van der Waals surface area contributed by atoms with Crippen LogP contribution < -0.4 is 0 Å². The maximum Gasteiger partial charge on any atom is 0.114 e. The van der Waals surface area contributed by atoms with Crippen LogP contribution in [0, 0.1) is 5.92 Å². The first-order valence-electron chi connectivity index (χ1n) is 8.32. The highest BCUT2D eigenvalue weighted by molar-refractivity contribution is 7.99. The summed E-state index contributed by atoms with van der Waals surface area (Å²) in [6.07, 6.45) is 9.22. The molecule has 0 heterocycles. The normalized spacial score (nSPS) is 21.0. The molecule has 0 amide bonds. The van der Waals surface area contributed by atoms with E-state index >= 15 is 0 Å². The monoisotopic (exact) mass is 313 g/mol. The van der Waals surface area contributed by atoms with Crippen LogP contribution in [0.1, 0.15) is 65.7 Å². The molecule has 3 nitrogen and oxygen atoms in total. The van der Waals surface area contributed by atoms with Crippen molar-refractivity contribution in [2.75, 3.05) is 12.4 Å². The number of rotatable bonds is 10. The number of aliphatic hydroxyl groups is 1. The standard InChI is InChI=1S/C17H31NO2S/c1-4-20-18-11-7-6-8-16-10-9-15(13-17(16)19)12-14(3)21-5-2/h11,14-15,19H,4-10,12-13H2,1-3H3. The molecule has 0 bridgehead atoms. The quantitative estimate of drug-likeness (QED) is 0.337. The molecule has 0 radical (unpaired) electrons. The van der Waals surface area contributed by atoms with Crippen LogP contribution in [0.5, 0.6) is 0 Å². The number of unbranched alkanes of at least 4 members (excludes halogenated alkanes) is 1. The molecule has 1 N–H and O–H groups in total. The van der Waals surface area contributed by atoms with Gasteiger partial charge in [-0.15, -0.1) is 0 Å². The Hall–Kier alpha value is -0.640. The number of thioether (sulfide) groups is 1. The highest BCUT2D eigenvalue weighted by atomic mass is 32.2. The van der Waals surface area contributed by atoms with Gasteiger partial charge in [-0.2, -0.15) is 11.8 Å². The molecule has 0 aromatic carbocycles. The van der Waals surface area contributed by atoms with Crippen LogP contribution in [0.15, 0.2) is 16.5 Å². The van der Waals surface area contributed by atoms with Crippen molar-refractivity contribution in [3.05, 3.63) is 11.3 Å². The minimum atomic E-state index is 0.624. The summed E-state index contributed by atoms with van der Waals surface area (Å²) in [4.78, 5) is 4.92. The third kappa shape index (κ3) is 7.79. The van der Waals surface area contributed by atoms with E-state index < -0.39 is 0 Å². The van der Waals surface area contributed by atoms with Gasteiger partial charge in [-0.1, -0.05) is 19.0 Å². The first-order valence-corrected chi connectivity index (χ1v) is 9.37. The van der Waals surface area contributed by atoms with Crippen molar-refractivity contribution in [3.8, 4) is 0 Å². The maximum atomic E-state index is 10.2. The van der Waals surface area contributed by atoms with Crippen molar-refractivity contribution in [3.63, 3.8) is 0 Å². The van der Waals surface area contributed by atoms with Crippen LogP contribution in [-0.2, 0) is 4.84 Å². The van der Waals surface area contributed by atoms with E-state index in [1.165, 1.54) is 24.2 Å². The Morgan fingerprint density at radius 3 is 2.95 bits per heavy atom. The molecule has 1 rings (SSSR count). The van der Waals surface area contributed by atoms with E-state index in [1.54, 1.807) is 0 Å². The van der Waals surface area contributed by atoms with Crippen LogP contribution in [0.3, 0.4) is 0 Å². The van der Waals surface area contributed by atoms with Crippen LogP contribution in [0.2, 0.25) is 0 Å². The summed E-state index contributed by atoms with van der Waals surface area (Å²) in [5.74, 6) is 2.52. The van der Waals surface area contributed by atoms with Gasteiger partial charge in [-0.25, -0.2) is 0 Å². The van der Waals surface area contributed by atoms with E-state index in [9.17, 15) is 5.11 Å². The van der Waals surface area contributed by atoms with E-state index in [0.717, 1.165) is 32.1 Å². The molecule has 0 aromatic rings. The second-order valence-corrected chi connectivity index (χ2v) is 7.47. The van der Waals surface area contributed by atoms with Crippen LogP contribution >= 0.6 is 11.8 Å². The number of oxime groups is 1. The average Bonchev–Trinajstić information content (AvgIpc) is 2.45. The SMILES string of the molecule is CCON=CCCCC1=C(O)CC(CC(C)SCC)CC1. The molecule has 0 aromatic heterocycles. The molecule has 1 aliphatic carbocycles. The fourth-order valence-corrected chi connectivity index (χ4v) is 3.90. The molecule has 0 aliphatic heterocycles. The Labute approximate surface area is 134 Å². The van der Waals surface area contributed by atoms with Gasteiger partial charge in [-0.05, 0) is 62.7 Å². The molecule has 0 spiro atoms. The average molecular weight is 314 g/mol. The predicted octanol–water partition coefficient (Wildman–Crippen LogP) is 5.32. The molecule has 0 saturated carbocycles. The summed E-state index contributed by atoms with van der Waals surface area (Å²) in [6.45, 7) is 7.08. The summed E-state index contributed by atoms with van der Waals surface area (Å²) >= 11 is 2.03. The van der Waals surface area contributed by atoms with Crippen LogP contribution in [-0.4, -0.2) is 28.9 Å². The molecule has 0 fully saturated rings. The molecule has 122 valence electrons. The zero-order chi connectivity index (χ0) is 15.5. The molecule has 1 aliphatic rings. The summed E-state index contributed by atoms with van der Waals surface area (Å²) in [5.41, 5.74) is 1.27. The van der Waals surface area contributed by atoms with E-state index in [2.05, 4.69) is 19.0 Å². The molecule has 21 heavy (non-hydrogen) atoms. The van der Waals surface area contributed by atoms with Crippen molar-refractivity contribution < 1.29 is 9.94 Å². The molecular formula is C17H31NO2S. The lowest BCUT2D eigenvalue weighted by molar-refractivity contribution is 0.160. The summed E-state index contributed by atoms with van der Waals surface area (Å²) in [7, 11) is 0. The summed E-state index contributed by atoms with van der Waals surface area (Å²) in [5, 5.41) is 14.8. The van der Waals surface area contributed by atoms with Gasteiger partial charge in [0, 0.05) is 17.9 Å². The Morgan fingerprint density at radius 2 is 2.29 bits per heavy atom. The fourth-order valence-electron chi connectivity index (χ4n) is 2.92. The van der Waals surface area contributed by atoms with Gasteiger partial charge in [0.2, 0.25) is 0 Å². The van der Waals surface area contributed by atoms with Gasteiger partial charge in [0.25, 0.3) is 0 Å². The minimum absolute atomic E-state index is 0.624. The smallest absolute Gasteiger partial charge is 0.114 e. The van der Waals surface area contributed by atoms with Crippen LogP contribution in [0.25, 0.3) is 0 Å². The van der Waals surface area contributed by atoms with Gasteiger partial charge >= 0.3 is 0 Å². The Kier molecular flexibility index (Phi) is 9.64. The largest absolute Gasteiger partial charge is 0.512 e. The number of hydrogen-bond donors (Lipinski definition) is 1. The van der Waals surface area contributed by atoms with Gasteiger partial charge in [0.1, 0.15) is 6.61 Å². The van der Waals surface area contributed by atoms with Gasteiger partial charge in [0.15, 0.2) is 0 Å². The molecule has 4 heteroatoms. The van der Waals surface area contributed by atoms with Crippen molar-refractivity contribution in [1.29, 1.82) is 0 Å². The number of allylic oxidation sites excluding steroid dienone is 2. The van der Waals surface area contributed by atoms with Gasteiger partial charge in [0.05, 0.1) is 5.76 Å². The number of aliphatic hydroxyl groups excluding tert-OH is 1. The number of hydrogen-bond acceptors (Lipinski definition) is 4. The number of nitrogens with zero attached hydrogens (tertiary/aromatic N) is 1. The topological polar surface area (TPSA) is 41.8 Å². The minimum Gasteiger partial charge on any atom is -0.512 e. The van der Waals surface area contributed by atoms with Crippen molar-refractivity contribution in [2.45, 2.75) is 71.0 Å². The molecule has 2 atom stereocenters.